The van der Waals surface area contributed by atoms with Gasteiger partial charge in [0.25, 0.3) is 0 Å². The van der Waals surface area contributed by atoms with Crippen LogP contribution in [0.4, 0.5) is 0 Å². The lowest BCUT2D eigenvalue weighted by atomic mass is 10.2. The lowest BCUT2D eigenvalue weighted by Crippen LogP contribution is -2.42. The number of benzene rings is 1. The maximum Gasteiger partial charge on any atom is 0.191 e. The second kappa shape index (κ2) is 9.40. The number of aryl methyl sites for hydroxylation is 1. The minimum atomic E-state index is 0.0569. The molecule has 2 N–H and O–H groups in total. The van der Waals surface area contributed by atoms with Gasteiger partial charge < -0.3 is 20.1 Å². The fourth-order valence-corrected chi connectivity index (χ4v) is 2.20. The zero-order valence-electron chi connectivity index (χ0n) is 14.5. The normalized spacial score (nSPS) is 16.0. The van der Waals surface area contributed by atoms with Crippen molar-refractivity contribution in [3.05, 3.63) is 29.8 Å². The van der Waals surface area contributed by atoms with Gasteiger partial charge in [-0.2, -0.15) is 0 Å². The maximum atomic E-state index is 5.90. The third-order valence-electron chi connectivity index (χ3n) is 3.70. The van der Waals surface area contributed by atoms with Crippen molar-refractivity contribution in [3.63, 3.8) is 0 Å². The zero-order valence-corrected chi connectivity index (χ0v) is 14.5. The first kappa shape index (κ1) is 17.6. The van der Waals surface area contributed by atoms with Crippen molar-refractivity contribution in [2.75, 3.05) is 33.4 Å². The van der Waals surface area contributed by atoms with Crippen LogP contribution in [0, 0.1) is 12.8 Å². The molecule has 1 aromatic carbocycles. The van der Waals surface area contributed by atoms with Gasteiger partial charge in [-0.1, -0.05) is 12.1 Å². The van der Waals surface area contributed by atoms with E-state index in [-0.39, 0.29) is 6.10 Å². The van der Waals surface area contributed by atoms with Gasteiger partial charge in [0.05, 0.1) is 13.2 Å². The van der Waals surface area contributed by atoms with Gasteiger partial charge in [0.1, 0.15) is 11.9 Å². The highest BCUT2D eigenvalue weighted by Crippen LogP contribution is 2.28. The predicted molar refractivity (Wildman–Crippen MR) is 94.2 cm³/mol. The minimum absolute atomic E-state index is 0.0569. The Balaban J connectivity index is 1.59. The standard InChI is InChI=1S/C18H29N3O2/c1-14-5-4-6-17(11-14)23-15(2)12-21-18(19-3)20-9-10-22-13-16-7-8-16/h4-6,11,15-16H,7-10,12-13H2,1-3H3,(H2,19,20,21). The molecule has 1 aliphatic rings. The number of nitrogens with one attached hydrogen (secondary N) is 2. The van der Waals surface area contributed by atoms with E-state index in [1.807, 2.05) is 25.1 Å². The topological polar surface area (TPSA) is 54.9 Å². The molecule has 0 bridgehead atoms. The number of hydrogen-bond acceptors (Lipinski definition) is 3. The van der Waals surface area contributed by atoms with E-state index in [2.05, 4.69) is 28.6 Å². The average molecular weight is 319 g/mol. The van der Waals surface area contributed by atoms with E-state index in [1.165, 1.54) is 18.4 Å². The highest BCUT2D eigenvalue weighted by molar-refractivity contribution is 5.79. The van der Waals surface area contributed by atoms with Crippen LogP contribution in [0.15, 0.2) is 29.3 Å². The SMILES string of the molecule is CN=C(NCCOCC1CC1)NCC(C)Oc1cccc(C)c1. The van der Waals surface area contributed by atoms with E-state index in [9.17, 15) is 0 Å². The molecule has 0 saturated heterocycles. The molecule has 1 unspecified atom stereocenters. The smallest absolute Gasteiger partial charge is 0.191 e. The van der Waals surface area contributed by atoms with E-state index in [0.717, 1.165) is 30.8 Å². The summed E-state index contributed by atoms with van der Waals surface area (Å²) in [5.74, 6) is 2.49. The molecule has 128 valence electrons. The Hall–Kier alpha value is -1.75. The molecule has 0 aromatic heterocycles. The van der Waals surface area contributed by atoms with Crippen molar-refractivity contribution < 1.29 is 9.47 Å². The molecule has 1 aromatic rings. The van der Waals surface area contributed by atoms with Crippen molar-refractivity contribution in [1.29, 1.82) is 0 Å². The van der Waals surface area contributed by atoms with E-state index in [1.54, 1.807) is 7.05 Å². The van der Waals surface area contributed by atoms with Gasteiger partial charge >= 0.3 is 0 Å². The summed E-state index contributed by atoms with van der Waals surface area (Å²) in [4.78, 5) is 4.21. The summed E-state index contributed by atoms with van der Waals surface area (Å²) in [5, 5.41) is 6.52. The summed E-state index contributed by atoms with van der Waals surface area (Å²) in [6.07, 6.45) is 2.71. The maximum absolute atomic E-state index is 5.90. The Morgan fingerprint density at radius 1 is 1.35 bits per heavy atom. The fourth-order valence-electron chi connectivity index (χ4n) is 2.20. The second-order valence-corrected chi connectivity index (χ2v) is 6.14. The van der Waals surface area contributed by atoms with Crippen LogP contribution in [0.3, 0.4) is 0 Å². The highest BCUT2D eigenvalue weighted by atomic mass is 16.5. The van der Waals surface area contributed by atoms with Crippen molar-refractivity contribution >= 4 is 5.96 Å². The van der Waals surface area contributed by atoms with Crippen molar-refractivity contribution in [1.82, 2.24) is 10.6 Å². The molecule has 23 heavy (non-hydrogen) atoms. The number of hydrogen-bond donors (Lipinski definition) is 2. The van der Waals surface area contributed by atoms with Crippen LogP contribution in [0.25, 0.3) is 0 Å². The molecule has 0 aliphatic heterocycles. The number of guanidine groups is 1. The Morgan fingerprint density at radius 2 is 2.17 bits per heavy atom. The van der Waals surface area contributed by atoms with Crippen LogP contribution < -0.4 is 15.4 Å². The first-order valence-corrected chi connectivity index (χ1v) is 8.43. The lowest BCUT2D eigenvalue weighted by Gasteiger charge is -2.18. The molecule has 1 atom stereocenters. The van der Waals surface area contributed by atoms with Crippen LogP contribution in [0.5, 0.6) is 5.75 Å². The zero-order chi connectivity index (χ0) is 16.5. The van der Waals surface area contributed by atoms with E-state index >= 15 is 0 Å². The molecule has 1 aliphatic carbocycles. The molecular formula is C18H29N3O2. The Labute approximate surface area is 139 Å². The minimum Gasteiger partial charge on any atom is -0.489 e. The fraction of sp³-hybridized carbons (Fsp3) is 0.611. The van der Waals surface area contributed by atoms with Crippen LogP contribution in [-0.2, 0) is 4.74 Å². The molecule has 1 saturated carbocycles. The summed E-state index contributed by atoms with van der Waals surface area (Å²) in [6.45, 7) is 7.17. The largest absolute Gasteiger partial charge is 0.489 e. The third-order valence-corrected chi connectivity index (χ3v) is 3.70. The molecule has 5 nitrogen and oxygen atoms in total. The van der Waals surface area contributed by atoms with Crippen LogP contribution >= 0.6 is 0 Å². The van der Waals surface area contributed by atoms with Crippen molar-refractivity contribution in [2.24, 2.45) is 10.9 Å². The van der Waals surface area contributed by atoms with Crippen LogP contribution in [-0.4, -0.2) is 45.4 Å². The molecule has 1 fully saturated rings. The summed E-state index contributed by atoms with van der Waals surface area (Å²) in [7, 11) is 1.77. The molecule has 0 heterocycles. The van der Waals surface area contributed by atoms with Gasteiger partial charge in [0.2, 0.25) is 0 Å². The van der Waals surface area contributed by atoms with Gasteiger partial charge in [0.15, 0.2) is 5.96 Å². The van der Waals surface area contributed by atoms with Crippen LogP contribution in [0.1, 0.15) is 25.3 Å². The molecular weight excluding hydrogens is 290 g/mol. The Kier molecular flexibility index (Phi) is 7.20. The first-order chi connectivity index (χ1) is 11.2. The van der Waals surface area contributed by atoms with E-state index in [0.29, 0.717) is 13.2 Å². The average Bonchev–Trinajstić information content (AvgIpc) is 3.34. The Bertz CT molecular complexity index is 501. The van der Waals surface area contributed by atoms with Gasteiger partial charge in [-0.15, -0.1) is 0 Å². The van der Waals surface area contributed by atoms with E-state index in [4.69, 9.17) is 9.47 Å². The molecule has 0 spiro atoms. The van der Waals surface area contributed by atoms with Gasteiger partial charge in [-0.3, -0.25) is 4.99 Å². The highest BCUT2D eigenvalue weighted by Gasteiger charge is 2.20. The van der Waals surface area contributed by atoms with Gasteiger partial charge in [-0.25, -0.2) is 0 Å². The second-order valence-electron chi connectivity index (χ2n) is 6.14. The predicted octanol–water partition coefficient (Wildman–Crippen LogP) is 2.35. The summed E-state index contributed by atoms with van der Waals surface area (Å²) >= 11 is 0. The van der Waals surface area contributed by atoms with Gasteiger partial charge in [0, 0.05) is 20.2 Å². The van der Waals surface area contributed by atoms with Crippen molar-refractivity contribution in [2.45, 2.75) is 32.8 Å². The number of rotatable bonds is 9. The van der Waals surface area contributed by atoms with Gasteiger partial charge in [-0.05, 0) is 50.3 Å². The molecule has 5 heteroatoms. The van der Waals surface area contributed by atoms with E-state index < -0.39 is 0 Å². The molecule has 0 radical (unpaired) electrons. The Morgan fingerprint density at radius 3 is 2.87 bits per heavy atom. The summed E-state index contributed by atoms with van der Waals surface area (Å²) in [6, 6.07) is 8.09. The molecule has 0 amide bonds. The first-order valence-electron chi connectivity index (χ1n) is 8.43. The quantitative estimate of drug-likeness (QED) is 0.417. The number of aliphatic imine (C=N–C) groups is 1. The lowest BCUT2D eigenvalue weighted by molar-refractivity contribution is 0.129. The number of ether oxygens (including phenoxy) is 2. The third kappa shape index (κ3) is 7.37. The summed E-state index contributed by atoms with van der Waals surface area (Å²) in [5.41, 5.74) is 1.20. The summed E-state index contributed by atoms with van der Waals surface area (Å²) < 4.78 is 11.5. The van der Waals surface area contributed by atoms with Crippen molar-refractivity contribution in [3.8, 4) is 5.75 Å². The molecule has 2 rings (SSSR count). The number of nitrogens with zero attached hydrogens (tertiary/aromatic N) is 1. The monoisotopic (exact) mass is 319 g/mol. The van der Waals surface area contributed by atoms with Crippen LogP contribution in [0.2, 0.25) is 0 Å².